The predicted molar refractivity (Wildman–Crippen MR) is 66.3 cm³/mol. The van der Waals surface area contributed by atoms with Gasteiger partial charge in [0.25, 0.3) is 0 Å². The minimum Gasteiger partial charge on any atom is -0.461 e. The summed E-state index contributed by atoms with van der Waals surface area (Å²) in [5.74, 6) is 1.40. The molecule has 2 heteroatoms. The molecule has 5 atom stereocenters. The van der Waals surface area contributed by atoms with E-state index in [1.807, 2.05) is 6.92 Å². The molecule has 0 unspecified atom stereocenters. The molecule has 0 spiro atoms. The largest absolute Gasteiger partial charge is 0.461 e. The van der Waals surface area contributed by atoms with Gasteiger partial charge in [0.2, 0.25) is 0 Å². The molecule has 3 rings (SSSR count). The van der Waals surface area contributed by atoms with Crippen molar-refractivity contribution in [2.75, 3.05) is 0 Å². The summed E-state index contributed by atoms with van der Waals surface area (Å²) < 4.78 is 5.67. The number of carbonyl (C=O) groups is 1. The molecule has 0 amide bonds. The third-order valence-corrected chi connectivity index (χ3v) is 5.02. The first kappa shape index (κ1) is 11.1. The summed E-state index contributed by atoms with van der Waals surface area (Å²) in [4.78, 5) is 11.8. The zero-order valence-corrected chi connectivity index (χ0v) is 10.6. The Morgan fingerprint density at radius 2 is 2.24 bits per heavy atom. The minimum atomic E-state index is 0.00552. The van der Waals surface area contributed by atoms with Crippen LogP contribution in [-0.2, 0) is 9.53 Å². The average Bonchev–Trinajstić information content (AvgIpc) is 2.75. The van der Waals surface area contributed by atoms with E-state index in [1.165, 1.54) is 11.1 Å². The second-order valence-corrected chi connectivity index (χ2v) is 5.87. The van der Waals surface area contributed by atoms with Crippen LogP contribution in [-0.4, -0.2) is 12.1 Å². The summed E-state index contributed by atoms with van der Waals surface area (Å²) in [6.07, 6.45) is 5.63. The maximum Gasteiger partial charge on any atom is 0.309 e. The molecule has 0 aromatic rings. The van der Waals surface area contributed by atoms with E-state index < -0.39 is 0 Å². The van der Waals surface area contributed by atoms with Crippen LogP contribution in [0.3, 0.4) is 0 Å². The van der Waals surface area contributed by atoms with Crippen LogP contribution < -0.4 is 0 Å². The monoisotopic (exact) mass is 232 g/mol. The second-order valence-electron chi connectivity index (χ2n) is 5.87. The first-order valence-corrected chi connectivity index (χ1v) is 6.64. The van der Waals surface area contributed by atoms with Crippen LogP contribution in [0, 0.1) is 23.7 Å². The van der Waals surface area contributed by atoms with Gasteiger partial charge < -0.3 is 4.74 Å². The molecule has 17 heavy (non-hydrogen) atoms. The number of ether oxygens (including phenoxy) is 1. The molecule has 2 nitrogen and oxygen atoms in total. The van der Waals surface area contributed by atoms with Gasteiger partial charge >= 0.3 is 5.97 Å². The molecule has 0 aromatic carbocycles. The molecule has 0 N–H and O–H groups in total. The third-order valence-electron chi connectivity index (χ3n) is 5.02. The van der Waals surface area contributed by atoms with Crippen LogP contribution in [0.15, 0.2) is 23.8 Å². The zero-order valence-electron chi connectivity index (χ0n) is 10.6. The van der Waals surface area contributed by atoms with Gasteiger partial charge in [-0.3, -0.25) is 4.79 Å². The van der Waals surface area contributed by atoms with Crippen LogP contribution in [0.5, 0.6) is 0 Å². The topological polar surface area (TPSA) is 26.3 Å². The Bertz CT molecular complexity index is 407. The summed E-state index contributed by atoms with van der Waals surface area (Å²) in [7, 11) is 0. The van der Waals surface area contributed by atoms with E-state index in [1.54, 1.807) is 0 Å². The van der Waals surface area contributed by atoms with Crippen LogP contribution in [0.1, 0.15) is 33.1 Å². The fraction of sp³-hybridized carbons (Fsp3) is 0.667. The lowest BCUT2D eigenvalue weighted by atomic mass is 9.79. The van der Waals surface area contributed by atoms with Gasteiger partial charge in [-0.05, 0) is 32.1 Å². The van der Waals surface area contributed by atoms with E-state index in [0.29, 0.717) is 17.8 Å². The smallest absolute Gasteiger partial charge is 0.309 e. The standard InChI is InChI=1S/C15H20O2/c1-8-4-7-12-10(3)15(16)17-14(12)13-9(2)5-6-11(8)13/h5,10-14H,1,4,6-7H2,2-3H3/t10-,11-,12+,13-,14-/m1/s1. The lowest BCUT2D eigenvalue weighted by Crippen LogP contribution is -2.30. The average molecular weight is 232 g/mol. The van der Waals surface area contributed by atoms with E-state index in [-0.39, 0.29) is 18.0 Å². The van der Waals surface area contributed by atoms with Gasteiger partial charge in [-0.1, -0.05) is 30.7 Å². The Kier molecular flexibility index (Phi) is 2.42. The Hall–Kier alpha value is -1.05. The summed E-state index contributed by atoms with van der Waals surface area (Å²) in [6.45, 7) is 8.44. The molecule has 1 aliphatic heterocycles. The normalized spacial score (nSPS) is 44.8. The number of rotatable bonds is 0. The highest BCUT2D eigenvalue weighted by Crippen LogP contribution is 2.50. The molecular formula is C15H20O2. The molecule has 0 bridgehead atoms. The highest BCUT2D eigenvalue weighted by molar-refractivity contribution is 5.75. The molecule has 1 saturated carbocycles. The number of allylic oxidation sites excluding steroid dienone is 2. The molecule has 2 fully saturated rings. The van der Waals surface area contributed by atoms with E-state index in [9.17, 15) is 4.79 Å². The van der Waals surface area contributed by atoms with Crippen LogP contribution in [0.2, 0.25) is 0 Å². The van der Waals surface area contributed by atoms with E-state index >= 15 is 0 Å². The minimum absolute atomic E-state index is 0.00552. The summed E-state index contributed by atoms with van der Waals surface area (Å²) >= 11 is 0. The molecule has 0 aromatic heterocycles. The first-order valence-electron chi connectivity index (χ1n) is 6.64. The van der Waals surface area contributed by atoms with Crippen LogP contribution in [0.25, 0.3) is 0 Å². The Labute approximate surface area is 103 Å². The summed E-state index contributed by atoms with van der Waals surface area (Å²) in [5.41, 5.74) is 2.76. The van der Waals surface area contributed by atoms with E-state index in [0.717, 1.165) is 19.3 Å². The lowest BCUT2D eigenvalue weighted by molar-refractivity contribution is -0.145. The van der Waals surface area contributed by atoms with Crippen molar-refractivity contribution in [3.8, 4) is 0 Å². The number of hydrogen-bond acceptors (Lipinski definition) is 2. The number of carbonyl (C=O) groups excluding carboxylic acids is 1. The number of fused-ring (bicyclic) bond motifs is 3. The SMILES string of the molecule is C=C1CC[C@@H]2[C@@H](OC(=O)[C@@H]2C)[C@@H]2C(C)=CC[C@H]12. The van der Waals surface area contributed by atoms with Crippen molar-refractivity contribution in [2.24, 2.45) is 23.7 Å². The van der Waals surface area contributed by atoms with Crippen molar-refractivity contribution >= 4 is 5.97 Å². The molecule has 2 aliphatic carbocycles. The van der Waals surface area contributed by atoms with Gasteiger partial charge in [-0.25, -0.2) is 0 Å². The highest BCUT2D eigenvalue weighted by Gasteiger charge is 2.50. The Morgan fingerprint density at radius 3 is 3.00 bits per heavy atom. The lowest BCUT2D eigenvalue weighted by Gasteiger charge is -2.27. The van der Waals surface area contributed by atoms with E-state index in [2.05, 4.69) is 19.6 Å². The quantitative estimate of drug-likeness (QED) is 0.474. The molecule has 3 aliphatic rings. The first-order chi connectivity index (χ1) is 8.09. The van der Waals surface area contributed by atoms with Crippen molar-refractivity contribution < 1.29 is 9.53 Å². The molecule has 92 valence electrons. The van der Waals surface area contributed by atoms with Crippen molar-refractivity contribution in [1.29, 1.82) is 0 Å². The fourth-order valence-corrected chi connectivity index (χ4v) is 3.90. The number of hydrogen-bond donors (Lipinski definition) is 0. The Morgan fingerprint density at radius 1 is 1.47 bits per heavy atom. The van der Waals surface area contributed by atoms with E-state index in [4.69, 9.17) is 4.74 Å². The van der Waals surface area contributed by atoms with Gasteiger partial charge in [0.05, 0.1) is 5.92 Å². The Balaban J connectivity index is 1.97. The fourth-order valence-electron chi connectivity index (χ4n) is 3.90. The molecule has 1 saturated heterocycles. The third kappa shape index (κ3) is 1.50. The molecule has 0 radical (unpaired) electrons. The van der Waals surface area contributed by atoms with Gasteiger partial charge in [0.1, 0.15) is 6.10 Å². The maximum absolute atomic E-state index is 11.8. The van der Waals surface area contributed by atoms with Crippen molar-refractivity contribution in [3.05, 3.63) is 23.8 Å². The van der Waals surface area contributed by atoms with Gasteiger partial charge in [0.15, 0.2) is 0 Å². The summed E-state index contributed by atoms with van der Waals surface area (Å²) in [5, 5.41) is 0. The van der Waals surface area contributed by atoms with Gasteiger partial charge in [0, 0.05) is 11.8 Å². The maximum atomic E-state index is 11.8. The second kappa shape index (κ2) is 3.72. The zero-order chi connectivity index (χ0) is 12.2. The summed E-state index contributed by atoms with van der Waals surface area (Å²) in [6, 6.07) is 0. The number of esters is 1. The van der Waals surface area contributed by atoms with Crippen molar-refractivity contribution in [3.63, 3.8) is 0 Å². The van der Waals surface area contributed by atoms with Gasteiger partial charge in [-0.15, -0.1) is 0 Å². The molecule has 1 heterocycles. The van der Waals surface area contributed by atoms with Crippen molar-refractivity contribution in [2.45, 2.75) is 39.2 Å². The van der Waals surface area contributed by atoms with Crippen LogP contribution >= 0.6 is 0 Å². The van der Waals surface area contributed by atoms with Crippen molar-refractivity contribution in [1.82, 2.24) is 0 Å². The van der Waals surface area contributed by atoms with Crippen LogP contribution in [0.4, 0.5) is 0 Å². The van der Waals surface area contributed by atoms with Gasteiger partial charge in [-0.2, -0.15) is 0 Å². The predicted octanol–water partition coefficient (Wildman–Crippen LogP) is 3.10. The highest BCUT2D eigenvalue weighted by atomic mass is 16.6. The molecular weight excluding hydrogens is 212 g/mol.